The molecule has 2 aliphatic carbocycles. The van der Waals surface area contributed by atoms with Crippen molar-refractivity contribution in [3.63, 3.8) is 0 Å². The van der Waals surface area contributed by atoms with Crippen LogP contribution in [0.25, 0.3) is 0 Å². The Hall–Kier alpha value is -3.21. The third-order valence-corrected chi connectivity index (χ3v) is 8.69. The van der Waals surface area contributed by atoms with Crippen LogP contribution in [0.2, 0.25) is 0 Å². The van der Waals surface area contributed by atoms with Gasteiger partial charge in [0.1, 0.15) is 6.61 Å². The van der Waals surface area contributed by atoms with Gasteiger partial charge < -0.3 is 14.8 Å². The molecule has 0 saturated carbocycles. The summed E-state index contributed by atoms with van der Waals surface area (Å²) in [6.07, 6.45) is 2.31. The summed E-state index contributed by atoms with van der Waals surface area (Å²) < 4.78 is 13.0. The smallest absolute Gasteiger partial charge is 0.269 e. The molecule has 1 heterocycles. The number of nitro groups is 1. The summed E-state index contributed by atoms with van der Waals surface area (Å²) in [5, 5.41) is 14.8. The van der Waals surface area contributed by atoms with Crippen LogP contribution in [0.15, 0.2) is 58.9 Å². The number of hydrogen-bond acceptors (Lipinski definition) is 7. The number of dihydropyridines is 1. The minimum Gasteiger partial charge on any atom is -0.490 e. The summed E-state index contributed by atoms with van der Waals surface area (Å²) in [4.78, 5) is 38.2. The summed E-state index contributed by atoms with van der Waals surface area (Å²) in [6, 6.07) is 10.2. The first-order valence-electron chi connectivity index (χ1n) is 13.9. The van der Waals surface area contributed by atoms with Crippen LogP contribution >= 0.6 is 22.6 Å². The van der Waals surface area contributed by atoms with Crippen molar-refractivity contribution in [3.8, 4) is 11.5 Å². The van der Waals surface area contributed by atoms with Crippen molar-refractivity contribution in [3.05, 3.63) is 83.7 Å². The number of carbonyl (C=O) groups excluding carboxylic acids is 2. The van der Waals surface area contributed by atoms with E-state index in [1.807, 2.05) is 19.1 Å². The third kappa shape index (κ3) is 5.91. The highest BCUT2D eigenvalue weighted by atomic mass is 127. The molecule has 1 aliphatic heterocycles. The molecule has 2 aromatic carbocycles. The highest BCUT2D eigenvalue weighted by Crippen LogP contribution is 2.52. The van der Waals surface area contributed by atoms with Crippen LogP contribution in [0.3, 0.4) is 0 Å². The van der Waals surface area contributed by atoms with E-state index in [4.69, 9.17) is 9.47 Å². The second-order valence-corrected chi connectivity index (χ2v) is 13.9. The first-order valence-corrected chi connectivity index (χ1v) is 15.0. The Bertz CT molecular complexity index is 1470. The summed E-state index contributed by atoms with van der Waals surface area (Å²) in [5.41, 5.74) is 4.33. The molecule has 0 saturated heterocycles. The largest absolute Gasteiger partial charge is 0.490 e. The van der Waals surface area contributed by atoms with E-state index in [1.54, 1.807) is 12.1 Å². The van der Waals surface area contributed by atoms with E-state index >= 15 is 0 Å². The lowest BCUT2D eigenvalue weighted by Crippen LogP contribution is -2.42. The van der Waals surface area contributed by atoms with Gasteiger partial charge in [0, 0.05) is 53.4 Å². The first-order chi connectivity index (χ1) is 19.3. The van der Waals surface area contributed by atoms with Crippen molar-refractivity contribution in [1.82, 2.24) is 5.32 Å². The normalized spacial score (nSPS) is 19.9. The van der Waals surface area contributed by atoms with E-state index in [-0.39, 0.29) is 34.7 Å². The first kappa shape index (κ1) is 29.3. The molecule has 1 N–H and O–H groups in total. The van der Waals surface area contributed by atoms with Crippen molar-refractivity contribution >= 4 is 39.8 Å². The highest BCUT2D eigenvalue weighted by Gasteiger charge is 2.46. The fourth-order valence-corrected chi connectivity index (χ4v) is 7.08. The Balaban J connectivity index is 1.59. The second-order valence-electron chi connectivity index (χ2n) is 12.7. The van der Waals surface area contributed by atoms with Crippen molar-refractivity contribution in [2.75, 3.05) is 6.61 Å². The van der Waals surface area contributed by atoms with Gasteiger partial charge in [0.05, 0.1) is 15.1 Å². The Morgan fingerprint density at radius 2 is 1.56 bits per heavy atom. The molecule has 0 bridgehead atoms. The van der Waals surface area contributed by atoms with Gasteiger partial charge in [-0.1, -0.05) is 39.8 Å². The number of non-ortho nitro benzene ring substituents is 1. The summed E-state index contributed by atoms with van der Waals surface area (Å²) in [7, 11) is 0. The van der Waals surface area contributed by atoms with Crippen molar-refractivity contribution < 1.29 is 24.0 Å². The fraction of sp³-hybridized carbons (Fsp3) is 0.438. The number of ether oxygens (including phenoxy) is 2. The Kier molecular flexibility index (Phi) is 7.78. The third-order valence-electron chi connectivity index (χ3n) is 7.89. The lowest BCUT2D eigenvalue weighted by molar-refractivity contribution is -0.384. The van der Waals surface area contributed by atoms with Crippen LogP contribution in [0.5, 0.6) is 11.5 Å². The number of halogens is 1. The zero-order chi connectivity index (χ0) is 29.7. The zero-order valence-corrected chi connectivity index (χ0v) is 26.2. The SMILES string of the molecule is CCOc1cc(C2C3=C(CC(C)(C)CC3=O)NC3=C2C(=O)CC(C)(C)C3)cc(I)c1OCc1cccc([N+](=O)[O-])c1. The molecule has 9 heteroatoms. The lowest BCUT2D eigenvalue weighted by atomic mass is 9.64. The topological polar surface area (TPSA) is 108 Å². The molecule has 0 atom stereocenters. The van der Waals surface area contributed by atoms with Crippen molar-refractivity contribution in [2.24, 2.45) is 10.8 Å². The molecule has 0 aromatic heterocycles. The van der Waals surface area contributed by atoms with E-state index < -0.39 is 10.8 Å². The molecule has 0 fully saturated rings. The highest BCUT2D eigenvalue weighted by molar-refractivity contribution is 14.1. The number of ketones is 2. The molecule has 216 valence electrons. The lowest BCUT2D eigenvalue weighted by Gasteiger charge is -2.44. The van der Waals surface area contributed by atoms with E-state index in [2.05, 4.69) is 55.6 Å². The van der Waals surface area contributed by atoms with E-state index in [1.165, 1.54) is 12.1 Å². The standard InChI is InChI=1S/C32H35IN2O6/c1-6-40-26-12-19(11-21(33)30(26)41-17-18-8-7-9-20(10-18)35(38)39)27-28-22(13-31(2,3)15-24(28)36)34-23-14-32(4,5)16-25(37)29(23)27/h7-12,27,34H,6,13-17H2,1-5H3. The van der Waals surface area contributed by atoms with Gasteiger partial charge >= 0.3 is 0 Å². The molecule has 0 amide bonds. The number of nitrogens with zero attached hydrogens (tertiary/aromatic N) is 1. The van der Waals surface area contributed by atoms with Gasteiger partial charge in [0.2, 0.25) is 0 Å². The molecule has 2 aromatic rings. The van der Waals surface area contributed by atoms with Gasteiger partial charge in [0.25, 0.3) is 5.69 Å². The van der Waals surface area contributed by atoms with Crippen LogP contribution in [0.1, 0.15) is 77.3 Å². The maximum Gasteiger partial charge on any atom is 0.269 e. The molecule has 0 radical (unpaired) electrons. The molecule has 5 rings (SSSR count). The quantitative estimate of drug-likeness (QED) is 0.189. The molecule has 8 nitrogen and oxygen atoms in total. The number of benzene rings is 2. The molecule has 0 spiro atoms. The number of rotatable bonds is 7. The van der Waals surface area contributed by atoms with E-state index in [0.29, 0.717) is 47.7 Å². The van der Waals surface area contributed by atoms with Crippen LogP contribution < -0.4 is 14.8 Å². The Labute approximate surface area is 253 Å². The predicted octanol–water partition coefficient (Wildman–Crippen LogP) is 7.15. The van der Waals surface area contributed by atoms with Gasteiger partial charge in [-0.3, -0.25) is 19.7 Å². The Morgan fingerprint density at radius 1 is 0.951 bits per heavy atom. The number of nitro benzene ring substituents is 1. The van der Waals surface area contributed by atoms with E-state index in [0.717, 1.165) is 33.4 Å². The van der Waals surface area contributed by atoms with Crippen molar-refractivity contribution in [1.29, 1.82) is 0 Å². The predicted molar refractivity (Wildman–Crippen MR) is 164 cm³/mol. The molecule has 3 aliphatic rings. The average Bonchev–Trinajstić information content (AvgIpc) is 2.85. The van der Waals surface area contributed by atoms with Gasteiger partial charge in [-0.25, -0.2) is 0 Å². The summed E-state index contributed by atoms with van der Waals surface area (Å²) >= 11 is 2.19. The van der Waals surface area contributed by atoms with Gasteiger partial charge in [-0.05, 0) is 76.4 Å². The van der Waals surface area contributed by atoms with Crippen LogP contribution in [-0.4, -0.2) is 23.1 Å². The minimum atomic E-state index is -0.480. The summed E-state index contributed by atoms with van der Waals surface area (Å²) in [6.45, 7) is 10.8. The second kappa shape index (κ2) is 10.9. The maximum atomic E-state index is 13.7. The number of hydrogen-bond donors (Lipinski definition) is 1. The maximum absolute atomic E-state index is 13.7. The molecular formula is C32H35IN2O6. The Morgan fingerprint density at radius 3 is 2.12 bits per heavy atom. The number of nitrogens with one attached hydrogen (secondary N) is 1. The monoisotopic (exact) mass is 670 g/mol. The van der Waals surface area contributed by atoms with Crippen molar-refractivity contribution in [2.45, 2.75) is 72.8 Å². The zero-order valence-electron chi connectivity index (χ0n) is 24.1. The van der Waals surface area contributed by atoms with Crippen LogP contribution in [-0.2, 0) is 16.2 Å². The fourth-order valence-electron chi connectivity index (χ4n) is 6.30. The summed E-state index contributed by atoms with van der Waals surface area (Å²) in [5.74, 6) is 0.683. The minimum absolute atomic E-state index is 0.000829. The molecule has 41 heavy (non-hydrogen) atoms. The van der Waals surface area contributed by atoms with E-state index in [9.17, 15) is 19.7 Å². The van der Waals surface area contributed by atoms with Gasteiger partial charge in [-0.2, -0.15) is 0 Å². The number of carbonyl (C=O) groups is 2. The average molecular weight is 671 g/mol. The molecule has 0 unspecified atom stereocenters. The van der Waals surface area contributed by atoms with Crippen LogP contribution in [0.4, 0.5) is 5.69 Å². The molecular weight excluding hydrogens is 635 g/mol. The number of Topliss-reactive ketones (excluding diaryl/α,β-unsaturated/α-hetero) is 2. The van der Waals surface area contributed by atoms with Crippen LogP contribution in [0, 0.1) is 24.5 Å². The van der Waals surface area contributed by atoms with Gasteiger partial charge in [-0.15, -0.1) is 0 Å². The number of allylic oxidation sites excluding steroid dienone is 4. The van der Waals surface area contributed by atoms with Gasteiger partial charge in [0.15, 0.2) is 23.1 Å².